The first-order chi connectivity index (χ1) is 16.5. The summed E-state index contributed by atoms with van der Waals surface area (Å²) in [6, 6.07) is 18.7. The molecule has 34 heavy (non-hydrogen) atoms. The van der Waals surface area contributed by atoms with Gasteiger partial charge in [-0.3, -0.25) is 4.79 Å². The summed E-state index contributed by atoms with van der Waals surface area (Å²) in [4.78, 5) is 15.3. The minimum Gasteiger partial charge on any atom is -0.385 e. The van der Waals surface area contributed by atoms with E-state index >= 15 is 0 Å². The number of rotatable bonds is 9. The largest absolute Gasteiger partial charge is 0.385 e. The summed E-state index contributed by atoms with van der Waals surface area (Å²) in [6.07, 6.45) is 6.87. The molecule has 2 fully saturated rings. The number of likely N-dealkylation sites (tertiary alicyclic amines) is 1. The van der Waals surface area contributed by atoms with Crippen LogP contribution in [0.4, 0.5) is 0 Å². The van der Waals surface area contributed by atoms with E-state index in [4.69, 9.17) is 10.5 Å². The maximum atomic E-state index is 13.3. The number of hydrogen-bond acceptors (Lipinski definition) is 4. The van der Waals surface area contributed by atoms with E-state index in [1.54, 1.807) is 7.11 Å². The Balaban J connectivity index is 1.63. The molecule has 4 rings (SSSR count). The third kappa shape index (κ3) is 5.54. The number of amides is 1. The summed E-state index contributed by atoms with van der Waals surface area (Å²) in [5, 5.41) is 12.5. The fraction of sp³-hybridized carbons (Fsp3) is 0.552. The number of unbranched alkanes of at least 4 members (excludes halogenated alkanes) is 1. The van der Waals surface area contributed by atoms with Crippen molar-refractivity contribution in [2.45, 2.75) is 63.0 Å². The highest BCUT2D eigenvalue weighted by molar-refractivity contribution is 5.79. The van der Waals surface area contributed by atoms with Crippen LogP contribution in [0.1, 0.15) is 56.9 Å². The number of nitrogens with zero attached hydrogens (tertiary/aromatic N) is 1. The average Bonchev–Trinajstić information content (AvgIpc) is 3.33. The van der Waals surface area contributed by atoms with Crippen LogP contribution in [0, 0.1) is 11.8 Å². The molecule has 4 atom stereocenters. The summed E-state index contributed by atoms with van der Waals surface area (Å²) in [5.74, 6) is 0.267. The number of methoxy groups -OCH3 is 1. The van der Waals surface area contributed by atoms with E-state index in [-0.39, 0.29) is 23.8 Å². The Hall–Kier alpha value is -2.21. The molecular formula is C29H40N2O3. The van der Waals surface area contributed by atoms with Gasteiger partial charge in [0, 0.05) is 44.7 Å². The van der Waals surface area contributed by atoms with Gasteiger partial charge in [0.05, 0.1) is 5.60 Å². The van der Waals surface area contributed by atoms with Crippen molar-refractivity contribution in [3.8, 4) is 11.1 Å². The molecule has 1 aliphatic heterocycles. The second-order valence-corrected chi connectivity index (χ2v) is 10.2. The van der Waals surface area contributed by atoms with Gasteiger partial charge in [0.25, 0.3) is 0 Å². The number of aliphatic hydroxyl groups is 1. The fourth-order valence-electron chi connectivity index (χ4n) is 6.00. The molecule has 3 N–H and O–H groups in total. The first-order valence-corrected chi connectivity index (χ1v) is 12.9. The van der Waals surface area contributed by atoms with Crippen LogP contribution in [0.2, 0.25) is 0 Å². The third-order valence-corrected chi connectivity index (χ3v) is 7.87. The minimum absolute atomic E-state index is 0.00677. The molecule has 4 unspecified atom stereocenters. The van der Waals surface area contributed by atoms with Gasteiger partial charge in [0.2, 0.25) is 5.91 Å². The molecule has 184 valence electrons. The van der Waals surface area contributed by atoms with Crippen molar-refractivity contribution in [2.75, 3.05) is 26.8 Å². The number of carbonyl (C=O) groups excluding carboxylic acids is 1. The van der Waals surface area contributed by atoms with Crippen molar-refractivity contribution in [3.05, 3.63) is 60.2 Å². The number of benzene rings is 2. The topological polar surface area (TPSA) is 75.8 Å². The van der Waals surface area contributed by atoms with Crippen LogP contribution in [-0.4, -0.2) is 48.8 Å². The lowest BCUT2D eigenvalue weighted by Gasteiger charge is -2.44. The number of carbonyl (C=O) groups is 1. The third-order valence-electron chi connectivity index (χ3n) is 7.87. The van der Waals surface area contributed by atoms with Gasteiger partial charge in [-0.2, -0.15) is 0 Å². The van der Waals surface area contributed by atoms with Crippen LogP contribution in [0.25, 0.3) is 11.1 Å². The summed E-state index contributed by atoms with van der Waals surface area (Å²) in [5.41, 5.74) is 8.24. The number of hydrogen-bond donors (Lipinski definition) is 2. The second kappa shape index (κ2) is 11.5. The Morgan fingerprint density at radius 1 is 1.09 bits per heavy atom. The highest BCUT2D eigenvalue weighted by Gasteiger charge is 2.43. The fourth-order valence-corrected chi connectivity index (χ4v) is 6.00. The zero-order valence-corrected chi connectivity index (χ0v) is 20.5. The van der Waals surface area contributed by atoms with Crippen LogP contribution >= 0.6 is 0 Å². The highest BCUT2D eigenvalue weighted by Crippen LogP contribution is 2.44. The van der Waals surface area contributed by atoms with E-state index in [1.165, 1.54) is 0 Å². The van der Waals surface area contributed by atoms with Crippen molar-refractivity contribution >= 4 is 5.91 Å². The van der Waals surface area contributed by atoms with Gasteiger partial charge in [0.15, 0.2) is 0 Å². The molecule has 2 aromatic rings. The van der Waals surface area contributed by atoms with Gasteiger partial charge < -0.3 is 20.5 Å². The SMILES string of the molecule is COCCCCC(O)(c1ccccc1-c1ccccc1)C1CCCN(C(=O)C2CCC(N)C2)C1. The van der Waals surface area contributed by atoms with Crippen LogP contribution in [0.3, 0.4) is 0 Å². The molecule has 0 radical (unpaired) electrons. The van der Waals surface area contributed by atoms with Gasteiger partial charge in [0.1, 0.15) is 0 Å². The van der Waals surface area contributed by atoms with Crippen LogP contribution < -0.4 is 5.73 Å². The smallest absolute Gasteiger partial charge is 0.225 e. The molecule has 1 aliphatic carbocycles. The Labute approximate surface area is 204 Å². The molecule has 1 saturated heterocycles. The molecule has 2 aliphatic rings. The van der Waals surface area contributed by atoms with Crippen molar-refractivity contribution in [2.24, 2.45) is 17.6 Å². The van der Waals surface area contributed by atoms with Crippen molar-refractivity contribution in [3.63, 3.8) is 0 Å². The molecular weight excluding hydrogens is 424 g/mol. The maximum Gasteiger partial charge on any atom is 0.225 e. The van der Waals surface area contributed by atoms with Crippen LogP contribution in [0.15, 0.2) is 54.6 Å². The second-order valence-electron chi connectivity index (χ2n) is 10.2. The Morgan fingerprint density at radius 3 is 2.59 bits per heavy atom. The normalized spacial score (nSPS) is 24.7. The molecule has 1 saturated carbocycles. The Morgan fingerprint density at radius 2 is 1.85 bits per heavy atom. The van der Waals surface area contributed by atoms with Crippen molar-refractivity contribution < 1.29 is 14.6 Å². The quantitative estimate of drug-likeness (QED) is 0.527. The van der Waals surface area contributed by atoms with Gasteiger partial charge in [-0.25, -0.2) is 0 Å². The van der Waals surface area contributed by atoms with E-state index in [2.05, 4.69) is 24.3 Å². The molecule has 1 heterocycles. The summed E-state index contributed by atoms with van der Waals surface area (Å²) in [7, 11) is 1.72. The Kier molecular flexibility index (Phi) is 8.41. The zero-order valence-electron chi connectivity index (χ0n) is 20.5. The predicted molar refractivity (Wildman–Crippen MR) is 136 cm³/mol. The zero-order chi connectivity index (χ0) is 24.0. The van der Waals surface area contributed by atoms with E-state index in [9.17, 15) is 9.90 Å². The van der Waals surface area contributed by atoms with Gasteiger partial charge in [-0.05, 0) is 68.1 Å². The number of ether oxygens (including phenoxy) is 1. The minimum atomic E-state index is -1.01. The van der Waals surface area contributed by atoms with Crippen LogP contribution in [-0.2, 0) is 15.1 Å². The van der Waals surface area contributed by atoms with E-state index in [0.717, 1.165) is 68.2 Å². The molecule has 0 spiro atoms. The lowest BCUT2D eigenvalue weighted by atomic mass is 9.72. The molecule has 0 aromatic heterocycles. The molecule has 5 nitrogen and oxygen atoms in total. The Bertz CT molecular complexity index is 934. The summed E-state index contributed by atoms with van der Waals surface area (Å²) >= 11 is 0. The molecule has 5 heteroatoms. The van der Waals surface area contributed by atoms with Crippen molar-refractivity contribution in [1.29, 1.82) is 0 Å². The molecule has 2 aromatic carbocycles. The molecule has 1 amide bonds. The van der Waals surface area contributed by atoms with E-state index in [1.807, 2.05) is 35.2 Å². The number of piperidine rings is 1. The average molecular weight is 465 g/mol. The first-order valence-electron chi connectivity index (χ1n) is 12.9. The maximum absolute atomic E-state index is 13.3. The standard InChI is InChI=1S/C29H40N2O3/c1-34-19-8-7-17-29(33,27-14-6-5-13-26(27)22-10-3-2-4-11-22)24-12-9-18-31(21-24)28(32)23-15-16-25(30)20-23/h2-6,10-11,13-14,23-25,33H,7-9,12,15-21,30H2,1H3. The van der Waals surface area contributed by atoms with Gasteiger partial charge in [-0.15, -0.1) is 0 Å². The van der Waals surface area contributed by atoms with E-state index < -0.39 is 5.60 Å². The summed E-state index contributed by atoms with van der Waals surface area (Å²) < 4.78 is 5.27. The number of nitrogens with two attached hydrogens (primary N) is 1. The van der Waals surface area contributed by atoms with Gasteiger partial charge >= 0.3 is 0 Å². The first kappa shape index (κ1) is 24.9. The van der Waals surface area contributed by atoms with Crippen LogP contribution in [0.5, 0.6) is 0 Å². The highest BCUT2D eigenvalue weighted by atomic mass is 16.5. The van der Waals surface area contributed by atoms with Crippen molar-refractivity contribution in [1.82, 2.24) is 4.90 Å². The van der Waals surface area contributed by atoms with Gasteiger partial charge in [-0.1, -0.05) is 54.6 Å². The predicted octanol–water partition coefficient (Wildman–Crippen LogP) is 4.72. The molecule has 0 bridgehead atoms. The monoisotopic (exact) mass is 464 g/mol. The summed E-state index contributed by atoms with van der Waals surface area (Å²) in [6.45, 7) is 2.07. The van der Waals surface area contributed by atoms with E-state index in [0.29, 0.717) is 19.6 Å². The lowest BCUT2D eigenvalue weighted by molar-refractivity contribution is -0.140. The lowest BCUT2D eigenvalue weighted by Crippen LogP contribution is -2.49.